The molecule has 0 atom stereocenters. The molecule has 0 aliphatic heterocycles. The lowest BCUT2D eigenvalue weighted by Crippen LogP contribution is -1.99. The summed E-state index contributed by atoms with van der Waals surface area (Å²) in [6.45, 7) is 0. The van der Waals surface area contributed by atoms with Crippen molar-refractivity contribution < 1.29 is 18.3 Å². The first-order valence-electron chi connectivity index (χ1n) is 3.26. The lowest BCUT2D eigenvalue weighted by molar-refractivity contribution is -0.125. The predicted molar refractivity (Wildman–Crippen MR) is 38.7 cm³/mol. The van der Waals surface area contributed by atoms with Crippen LogP contribution in [0, 0.1) is 0 Å². The van der Waals surface area contributed by atoms with Gasteiger partial charge in [-0.3, -0.25) is 0 Å². The summed E-state index contributed by atoms with van der Waals surface area (Å²) in [4.78, 5) is 0. The number of nitrogens with zero attached hydrogens (tertiary/aromatic N) is 2. The fourth-order valence-electron chi connectivity index (χ4n) is 0.634. The summed E-state index contributed by atoms with van der Waals surface area (Å²) < 4.78 is 34.5. The highest BCUT2D eigenvalue weighted by atomic mass is 19.4. The highest BCUT2D eigenvalue weighted by Crippen LogP contribution is 2.22. The number of hydrogen-bond donors (Lipinski definition) is 1. The molecule has 0 radical (unpaired) electrons. The number of phenolic OH excluding ortho intramolecular Hbond substituents is 1. The molecular weight excluding hydrogens is 185 g/mol. The molecule has 0 aliphatic carbocycles. The number of alkyl halides is 3. The molecule has 0 unspecified atom stereocenters. The second-order valence-corrected chi connectivity index (χ2v) is 2.18. The van der Waals surface area contributed by atoms with Gasteiger partial charge in [-0.15, -0.1) is 18.3 Å². The fraction of sp³-hybridized carbons (Fsp3) is 0.143. The van der Waals surface area contributed by atoms with Gasteiger partial charge in [0.1, 0.15) is 5.75 Å². The van der Waals surface area contributed by atoms with Crippen molar-refractivity contribution in [3.63, 3.8) is 0 Å². The van der Waals surface area contributed by atoms with Crippen LogP contribution in [0.15, 0.2) is 34.5 Å². The van der Waals surface area contributed by atoms with Crippen LogP contribution in [-0.4, -0.2) is 11.4 Å². The number of phenols is 1. The molecule has 0 spiro atoms. The Kier molecular flexibility index (Phi) is 2.50. The van der Waals surface area contributed by atoms with Crippen LogP contribution in [0.4, 0.5) is 18.9 Å². The van der Waals surface area contributed by atoms with Crippen LogP contribution in [0.2, 0.25) is 0 Å². The maximum Gasteiger partial charge on any atom is 0.521 e. The van der Waals surface area contributed by atoms with Gasteiger partial charge in [0.05, 0.1) is 5.69 Å². The second-order valence-electron chi connectivity index (χ2n) is 2.18. The highest BCUT2D eigenvalue weighted by molar-refractivity contribution is 5.39. The lowest BCUT2D eigenvalue weighted by Gasteiger charge is -1.95. The van der Waals surface area contributed by atoms with Crippen molar-refractivity contribution in [1.82, 2.24) is 0 Å². The lowest BCUT2D eigenvalue weighted by atomic mass is 10.3. The van der Waals surface area contributed by atoms with E-state index in [1.54, 1.807) is 0 Å². The first kappa shape index (κ1) is 9.50. The van der Waals surface area contributed by atoms with Crippen LogP contribution in [0.3, 0.4) is 0 Å². The molecule has 1 rings (SSSR count). The van der Waals surface area contributed by atoms with E-state index in [0.717, 1.165) is 0 Å². The summed E-state index contributed by atoms with van der Waals surface area (Å²) in [5.41, 5.74) is 0.0372. The summed E-state index contributed by atoms with van der Waals surface area (Å²) in [5.74, 6) is -0.0361. The van der Waals surface area contributed by atoms with E-state index in [1.807, 2.05) is 0 Å². The Balaban J connectivity index is 2.75. The van der Waals surface area contributed by atoms with Crippen molar-refractivity contribution in [2.45, 2.75) is 6.30 Å². The molecular formula is C7H5F3N2O. The van der Waals surface area contributed by atoms with Crippen molar-refractivity contribution in [3.05, 3.63) is 24.3 Å². The van der Waals surface area contributed by atoms with Crippen molar-refractivity contribution in [3.8, 4) is 5.75 Å². The van der Waals surface area contributed by atoms with Crippen LogP contribution >= 0.6 is 0 Å². The topological polar surface area (TPSA) is 45.0 Å². The van der Waals surface area contributed by atoms with Gasteiger partial charge in [-0.25, -0.2) is 0 Å². The average molecular weight is 190 g/mol. The van der Waals surface area contributed by atoms with E-state index in [9.17, 15) is 13.2 Å². The number of halogens is 3. The molecule has 0 aliphatic rings. The summed E-state index contributed by atoms with van der Waals surface area (Å²) in [7, 11) is 0. The number of aromatic hydroxyl groups is 1. The summed E-state index contributed by atoms with van der Waals surface area (Å²) in [5, 5.41) is 13.8. The first-order chi connectivity index (χ1) is 5.97. The molecule has 3 nitrogen and oxygen atoms in total. The van der Waals surface area contributed by atoms with E-state index >= 15 is 0 Å². The third kappa shape index (κ3) is 3.55. The Bertz CT molecular complexity index is 305. The molecule has 0 bridgehead atoms. The zero-order valence-electron chi connectivity index (χ0n) is 6.28. The third-order valence-electron chi connectivity index (χ3n) is 1.13. The number of rotatable bonds is 1. The zero-order chi connectivity index (χ0) is 9.90. The van der Waals surface area contributed by atoms with Crippen molar-refractivity contribution in [2.75, 3.05) is 0 Å². The Hall–Kier alpha value is -1.59. The molecule has 1 aromatic carbocycles. The normalized spacial score (nSPS) is 12.2. The summed E-state index contributed by atoms with van der Waals surface area (Å²) in [6.07, 6.45) is -4.65. The van der Waals surface area contributed by atoms with Gasteiger partial charge in [-0.1, -0.05) is 5.11 Å². The minimum Gasteiger partial charge on any atom is -0.508 e. The minimum atomic E-state index is -4.65. The minimum absolute atomic E-state index is 0.0361. The van der Waals surface area contributed by atoms with Crippen LogP contribution in [0.25, 0.3) is 0 Å². The van der Waals surface area contributed by atoms with Gasteiger partial charge in [0, 0.05) is 0 Å². The van der Waals surface area contributed by atoms with E-state index in [1.165, 1.54) is 24.3 Å². The molecule has 0 aromatic heterocycles. The van der Waals surface area contributed by atoms with Crippen LogP contribution < -0.4 is 0 Å². The number of hydrogen-bond acceptors (Lipinski definition) is 3. The van der Waals surface area contributed by atoms with E-state index < -0.39 is 6.30 Å². The van der Waals surface area contributed by atoms with Gasteiger partial charge < -0.3 is 5.11 Å². The molecule has 1 N–H and O–H groups in total. The Labute approximate surface area is 71.5 Å². The van der Waals surface area contributed by atoms with Gasteiger partial charge in [0.25, 0.3) is 0 Å². The van der Waals surface area contributed by atoms with Crippen molar-refractivity contribution in [1.29, 1.82) is 0 Å². The smallest absolute Gasteiger partial charge is 0.508 e. The van der Waals surface area contributed by atoms with E-state index in [2.05, 4.69) is 10.2 Å². The van der Waals surface area contributed by atoms with Gasteiger partial charge >= 0.3 is 6.30 Å². The van der Waals surface area contributed by atoms with Crippen molar-refractivity contribution >= 4 is 5.69 Å². The van der Waals surface area contributed by atoms with Gasteiger partial charge in [-0.05, 0) is 24.3 Å². The molecule has 13 heavy (non-hydrogen) atoms. The van der Waals surface area contributed by atoms with Crippen molar-refractivity contribution in [2.24, 2.45) is 10.2 Å². The highest BCUT2D eigenvalue weighted by Gasteiger charge is 2.26. The average Bonchev–Trinajstić information content (AvgIpc) is 2.02. The van der Waals surface area contributed by atoms with E-state index in [4.69, 9.17) is 5.11 Å². The molecule has 70 valence electrons. The second kappa shape index (κ2) is 3.42. The Morgan fingerprint density at radius 2 is 1.62 bits per heavy atom. The Morgan fingerprint density at radius 1 is 1.08 bits per heavy atom. The molecule has 0 amide bonds. The number of azo groups is 1. The maximum absolute atomic E-state index is 11.5. The van der Waals surface area contributed by atoms with Gasteiger partial charge in [0.2, 0.25) is 0 Å². The molecule has 6 heteroatoms. The monoisotopic (exact) mass is 190 g/mol. The molecule has 1 aromatic rings. The van der Waals surface area contributed by atoms with Crippen LogP contribution in [0.1, 0.15) is 0 Å². The fourth-order valence-corrected chi connectivity index (χ4v) is 0.634. The molecule has 0 heterocycles. The largest absolute Gasteiger partial charge is 0.521 e. The number of benzene rings is 1. The molecule has 0 fully saturated rings. The third-order valence-corrected chi connectivity index (χ3v) is 1.13. The predicted octanol–water partition coefficient (Wildman–Crippen LogP) is 3.00. The van der Waals surface area contributed by atoms with Gasteiger partial charge in [-0.2, -0.15) is 0 Å². The van der Waals surface area contributed by atoms with E-state index in [-0.39, 0.29) is 11.4 Å². The van der Waals surface area contributed by atoms with Crippen LogP contribution in [0.5, 0.6) is 5.75 Å². The maximum atomic E-state index is 11.5. The summed E-state index contributed by atoms with van der Waals surface area (Å²) in [6, 6.07) is 4.91. The standard InChI is InChI=1S/C7H5F3N2O/c8-7(9,10)12-11-5-1-3-6(13)4-2-5/h1-4,13H. The molecule has 0 saturated heterocycles. The summed E-state index contributed by atoms with van der Waals surface area (Å²) >= 11 is 0. The van der Waals surface area contributed by atoms with Crippen LogP contribution in [-0.2, 0) is 0 Å². The zero-order valence-corrected chi connectivity index (χ0v) is 6.28. The molecule has 0 saturated carbocycles. The van der Waals surface area contributed by atoms with Gasteiger partial charge in [0.15, 0.2) is 0 Å². The Morgan fingerprint density at radius 3 is 2.08 bits per heavy atom. The first-order valence-corrected chi connectivity index (χ1v) is 3.26. The van der Waals surface area contributed by atoms with E-state index in [0.29, 0.717) is 0 Å². The quantitative estimate of drug-likeness (QED) is 0.536. The SMILES string of the molecule is Oc1ccc(N=NC(F)(F)F)cc1.